The molecule has 0 spiro atoms. The lowest BCUT2D eigenvalue weighted by molar-refractivity contribution is -0.146. The zero-order valence-corrected chi connectivity index (χ0v) is 15.0. The summed E-state index contributed by atoms with van der Waals surface area (Å²) in [5, 5.41) is 11.1. The molecule has 0 unspecified atom stereocenters. The number of fused-ring (bicyclic) bond motifs is 1. The smallest absolute Gasteiger partial charge is 0.351 e. The molecule has 2 amide bonds. The molecule has 0 aliphatic carbocycles. The quantitative estimate of drug-likeness (QED) is 0.761. The van der Waals surface area contributed by atoms with E-state index in [-0.39, 0.29) is 11.7 Å². The van der Waals surface area contributed by atoms with Crippen LogP contribution in [0.1, 0.15) is 17.0 Å². The van der Waals surface area contributed by atoms with Gasteiger partial charge in [-0.3, -0.25) is 0 Å². The molecule has 0 saturated carbocycles. The van der Waals surface area contributed by atoms with Crippen molar-refractivity contribution in [1.82, 2.24) is 29.6 Å². The molecule has 1 saturated heterocycles. The van der Waals surface area contributed by atoms with Gasteiger partial charge in [0.25, 0.3) is 5.82 Å². The van der Waals surface area contributed by atoms with Crippen LogP contribution in [0.4, 0.5) is 23.8 Å². The lowest BCUT2D eigenvalue weighted by atomic mass is 10.1. The maximum Gasteiger partial charge on any atom is 0.453 e. The van der Waals surface area contributed by atoms with E-state index in [4.69, 9.17) is 0 Å². The summed E-state index contributed by atoms with van der Waals surface area (Å²) >= 11 is 0. The van der Waals surface area contributed by atoms with Crippen LogP contribution in [0.2, 0.25) is 0 Å². The van der Waals surface area contributed by atoms with Crippen molar-refractivity contribution in [3.8, 4) is 0 Å². The molecular formula is C15H20F3N7O. The Hall–Kier alpha value is -2.59. The molecule has 3 heterocycles. The lowest BCUT2D eigenvalue weighted by Gasteiger charge is -2.37. The molecule has 1 aliphatic heterocycles. The molecule has 3 rings (SSSR count). The second kappa shape index (κ2) is 6.29. The van der Waals surface area contributed by atoms with E-state index >= 15 is 0 Å². The number of urea groups is 1. The molecule has 1 fully saturated rings. The van der Waals surface area contributed by atoms with Crippen LogP contribution in [0.15, 0.2) is 0 Å². The first kappa shape index (κ1) is 18.2. The van der Waals surface area contributed by atoms with Crippen LogP contribution in [0.25, 0.3) is 5.65 Å². The van der Waals surface area contributed by atoms with Crippen molar-refractivity contribution < 1.29 is 18.0 Å². The predicted molar refractivity (Wildman–Crippen MR) is 88.1 cm³/mol. The standard InChI is InChI=1S/C15H20F3N7O/c1-9-10(2)12(21-25-11(9)19-20-13(25)15(16,17)18)23-5-7-24(8-6-23)14(26)22(3)4/h5-8H2,1-4H3. The minimum absolute atomic E-state index is 0.0841. The Bertz CT molecular complexity index is 838. The highest BCUT2D eigenvalue weighted by Gasteiger charge is 2.38. The molecule has 11 heteroatoms. The average Bonchev–Trinajstić information content (AvgIpc) is 3.02. The molecule has 8 nitrogen and oxygen atoms in total. The second-order valence-corrected chi connectivity index (χ2v) is 6.48. The van der Waals surface area contributed by atoms with Gasteiger partial charge in [0.15, 0.2) is 11.5 Å². The zero-order valence-electron chi connectivity index (χ0n) is 15.0. The number of halogens is 3. The average molecular weight is 371 g/mol. The van der Waals surface area contributed by atoms with Crippen LogP contribution in [0.5, 0.6) is 0 Å². The molecule has 2 aromatic heterocycles. The van der Waals surface area contributed by atoms with Crippen molar-refractivity contribution in [2.24, 2.45) is 0 Å². The first-order chi connectivity index (χ1) is 12.1. The van der Waals surface area contributed by atoms with E-state index in [0.29, 0.717) is 37.6 Å². The summed E-state index contributed by atoms with van der Waals surface area (Å²) < 4.78 is 40.2. The highest BCUT2D eigenvalue weighted by atomic mass is 19.4. The molecule has 2 aromatic rings. The first-order valence-corrected chi connectivity index (χ1v) is 8.12. The van der Waals surface area contributed by atoms with Crippen molar-refractivity contribution in [2.45, 2.75) is 20.0 Å². The minimum atomic E-state index is -4.64. The number of nitrogens with zero attached hydrogens (tertiary/aromatic N) is 7. The van der Waals surface area contributed by atoms with Crippen LogP contribution in [-0.4, -0.2) is 75.9 Å². The van der Waals surface area contributed by atoms with Crippen LogP contribution >= 0.6 is 0 Å². The molecular weight excluding hydrogens is 351 g/mol. The normalized spacial score (nSPS) is 15.7. The summed E-state index contributed by atoms with van der Waals surface area (Å²) in [6.45, 7) is 5.43. The predicted octanol–water partition coefficient (Wildman–Crippen LogP) is 1.56. The lowest BCUT2D eigenvalue weighted by Crippen LogP contribution is -2.52. The molecule has 0 N–H and O–H groups in total. The third-order valence-corrected chi connectivity index (χ3v) is 4.55. The molecule has 1 aliphatic rings. The van der Waals surface area contributed by atoms with Crippen LogP contribution < -0.4 is 4.90 Å². The molecule has 0 atom stereocenters. The topological polar surface area (TPSA) is 69.9 Å². The van der Waals surface area contributed by atoms with E-state index in [1.807, 2.05) is 4.90 Å². The Kier molecular flexibility index (Phi) is 4.41. The summed E-state index contributed by atoms with van der Waals surface area (Å²) in [6.07, 6.45) is -4.64. The summed E-state index contributed by atoms with van der Waals surface area (Å²) in [4.78, 5) is 17.1. The second-order valence-electron chi connectivity index (χ2n) is 6.48. The number of aromatic nitrogens is 4. The van der Waals surface area contributed by atoms with Crippen LogP contribution in [-0.2, 0) is 6.18 Å². The largest absolute Gasteiger partial charge is 0.453 e. The van der Waals surface area contributed by atoms with Crippen LogP contribution in [0, 0.1) is 13.8 Å². The third-order valence-electron chi connectivity index (χ3n) is 4.55. The maximum atomic E-state index is 13.1. The van der Waals surface area contributed by atoms with Crippen molar-refractivity contribution in [1.29, 1.82) is 0 Å². The molecule has 0 aromatic carbocycles. The van der Waals surface area contributed by atoms with Gasteiger partial charge in [0.2, 0.25) is 0 Å². The number of carbonyl (C=O) groups is 1. The van der Waals surface area contributed by atoms with Crippen molar-refractivity contribution in [3.63, 3.8) is 0 Å². The fourth-order valence-corrected chi connectivity index (χ4v) is 2.98. The number of amides is 2. The Balaban J connectivity index is 1.94. The van der Waals surface area contributed by atoms with E-state index < -0.39 is 12.0 Å². The number of anilines is 1. The molecule has 142 valence electrons. The van der Waals surface area contributed by atoms with E-state index in [1.54, 1.807) is 32.8 Å². The molecule has 0 radical (unpaired) electrons. The summed E-state index contributed by atoms with van der Waals surface area (Å²) in [6, 6.07) is -0.0841. The summed E-state index contributed by atoms with van der Waals surface area (Å²) in [7, 11) is 3.37. The van der Waals surface area contributed by atoms with Gasteiger partial charge in [0.05, 0.1) is 0 Å². The Morgan fingerprint density at radius 2 is 1.65 bits per heavy atom. The van der Waals surface area contributed by atoms with Gasteiger partial charge >= 0.3 is 12.2 Å². The number of hydrogen-bond donors (Lipinski definition) is 0. The number of aryl methyl sites for hydroxylation is 1. The maximum absolute atomic E-state index is 13.1. The van der Waals surface area contributed by atoms with Gasteiger partial charge in [0, 0.05) is 51.4 Å². The third kappa shape index (κ3) is 3.01. The molecule has 0 bridgehead atoms. The van der Waals surface area contributed by atoms with E-state index in [0.717, 1.165) is 10.1 Å². The Morgan fingerprint density at radius 1 is 1.04 bits per heavy atom. The van der Waals surface area contributed by atoms with Crippen molar-refractivity contribution >= 4 is 17.5 Å². The van der Waals surface area contributed by atoms with E-state index in [2.05, 4.69) is 15.3 Å². The van der Waals surface area contributed by atoms with Crippen LogP contribution in [0.3, 0.4) is 0 Å². The van der Waals surface area contributed by atoms with E-state index in [1.165, 1.54) is 4.90 Å². The van der Waals surface area contributed by atoms with Gasteiger partial charge in [-0.15, -0.1) is 15.3 Å². The minimum Gasteiger partial charge on any atom is -0.351 e. The zero-order chi connectivity index (χ0) is 19.2. The van der Waals surface area contributed by atoms with Gasteiger partial charge in [-0.05, 0) is 13.8 Å². The Labute approximate surface area is 148 Å². The van der Waals surface area contributed by atoms with Crippen molar-refractivity contribution in [2.75, 3.05) is 45.2 Å². The van der Waals surface area contributed by atoms with Gasteiger partial charge in [-0.25, -0.2) is 4.79 Å². The van der Waals surface area contributed by atoms with Gasteiger partial charge in [-0.2, -0.15) is 17.7 Å². The Morgan fingerprint density at radius 3 is 2.19 bits per heavy atom. The number of carbonyl (C=O) groups excluding carboxylic acids is 1. The summed E-state index contributed by atoms with van der Waals surface area (Å²) in [5.41, 5.74) is 1.45. The van der Waals surface area contributed by atoms with Gasteiger partial charge in [-0.1, -0.05) is 0 Å². The number of piperazine rings is 1. The van der Waals surface area contributed by atoms with Gasteiger partial charge < -0.3 is 14.7 Å². The van der Waals surface area contributed by atoms with Crippen molar-refractivity contribution in [3.05, 3.63) is 17.0 Å². The fraction of sp³-hybridized carbons (Fsp3) is 0.600. The summed E-state index contributed by atoms with van der Waals surface area (Å²) in [5.74, 6) is -0.685. The molecule has 26 heavy (non-hydrogen) atoms. The highest BCUT2D eigenvalue weighted by Crippen LogP contribution is 2.30. The monoisotopic (exact) mass is 371 g/mol. The number of alkyl halides is 3. The highest BCUT2D eigenvalue weighted by molar-refractivity contribution is 5.74. The van der Waals surface area contributed by atoms with E-state index in [9.17, 15) is 18.0 Å². The SMILES string of the molecule is Cc1c(N2CCN(C(=O)N(C)C)CC2)nn2c(C(F)(F)F)nnc2c1C. The number of rotatable bonds is 1. The number of hydrogen-bond acceptors (Lipinski definition) is 5. The first-order valence-electron chi connectivity index (χ1n) is 8.12. The van der Waals surface area contributed by atoms with Gasteiger partial charge in [0.1, 0.15) is 0 Å². The fourth-order valence-electron chi connectivity index (χ4n) is 2.98.